The molecule has 4 N–H and O–H groups in total. The number of primary amides is 1. The van der Waals surface area contributed by atoms with Gasteiger partial charge in [-0.25, -0.2) is 0 Å². The predicted molar refractivity (Wildman–Crippen MR) is 82.6 cm³/mol. The lowest BCUT2D eigenvalue weighted by Gasteiger charge is -2.29. The van der Waals surface area contributed by atoms with Gasteiger partial charge in [0.25, 0.3) is 5.91 Å². The maximum atomic E-state index is 11.8. The van der Waals surface area contributed by atoms with Crippen LogP contribution in [0.4, 0.5) is 0 Å². The summed E-state index contributed by atoms with van der Waals surface area (Å²) >= 11 is 0. The molecule has 0 bridgehead atoms. The number of methoxy groups -OCH3 is 1. The topological polar surface area (TPSA) is 97.2 Å². The summed E-state index contributed by atoms with van der Waals surface area (Å²) in [6.07, 6.45) is 2.53. The van der Waals surface area contributed by atoms with Crippen molar-refractivity contribution in [3.63, 3.8) is 0 Å². The number of nitrogens with two attached hydrogens (primary N) is 1. The fraction of sp³-hybridized carbons (Fsp3) is 0.375. The van der Waals surface area contributed by atoms with E-state index in [9.17, 15) is 9.59 Å². The van der Waals surface area contributed by atoms with Crippen LogP contribution in [0, 0.1) is 5.92 Å². The number of hydrogen-bond acceptors (Lipinski definition) is 4. The van der Waals surface area contributed by atoms with Crippen molar-refractivity contribution in [3.8, 4) is 0 Å². The highest BCUT2D eigenvalue weighted by Crippen LogP contribution is 2.33. The van der Waals surface area contributed by atoms with E-state index in [1.165, 1.54) is 7.11 Å². The van der Waals surface area contributed by atoms with Gasteiger partial charge in [-0.15, -0.1) is 0 Å². The smallest absolute Gasteiger partial charge is 0.309 e. The Morgan fingerprint density at radius 3 is 2.82 bits per heavy atom. The predicted octanol–water partition coefficient (Wildman–Crippen LogP) is 1.13. The third-order valence-electron chi connectivity index (χ3n) is 4.35. The molecule has 6 nitrogen and oxygen atoms in total. The van der Waals surface area contributed by atoms with E-state index in [0.717, 1.165) is 29.4 Å². The number of aromatic nitrogens is 1. The summed E-state index contributed by atoms with van der Waals surface area (Å²) in [5.41, 5.74) is 7.77. The van der Waals surface area contributed by atoms with E-state index in [0.29, 0.717) is 12.1 Å². The molecule has 0 aliphatic carbocycles. The lowest BCUT2D eigenvalue weighted by atomic mass is 9.83. The average molecular weight is 301 g/mol. The van der Waals surface area contributed by atoms with Gasteiger partial charge < -0.3 is 20.8 Å². The Hall–Kier alpha value is -2.34. The van der Waals surface area contributed by atoms with Crippen molar-refractivity contribution in [1.82, 2.24) is 10.3 Å². The number of esters is 1. The Kier molecular flexibility index (Phi) is 3.85. The molecule has 0 unspecified atom stereocenters. The maximum absolute atomic E-state index is 11.8. The third-order valence-corrected chi connectivity index (χ3v) is 4.35. The van der Waals surface area contributed by atoms with Crippen LogP contribution in [0.2, 0.25) is 0 Å². The van der Waals surface area contributed by atoms with Gasteiger partial charge in [0.2, 0.25) is 0 Å². The second-order valence-corrected chi connectivity index (χ2v) is 5.64. The molecule has 1 aliphatic heterocycles. The van der Waals surface area contributed by atoms with Crippen molar-refractivity contribution in [2.75, 3.05) is 20.2 Å². The van der Waals surface area contributed by atoms with Crippen molar-refractivity contribution in [1.29, 1.82) is 0 Å². The summed E-state index contributed by atoms with van der Waals surface area (Å²) in [7, 11) is 1.41. The molecule has 6 heteroatoms. The number of aromatic amines is 1. The standard InChI is InChI=1S/C16H19N3O3/c1-22-16(21)10-6-9(7-18-8-10)11-2-3-13(15(17)20)14-12(11)4-5-19-14/h2-5,9-10,18-19H,6-8H2,1H3,(H2,17,20)/t9-,10-/m0/s1. The van der Waals surface area contributed by atoms with Gasteiger partial charge in [-0.05, 0) is 30.0 Å². The van der Waals surface area contributed by atoms with Crippen LogP contribution in [0.5, 0.6) is 0 Å². The number of carbonyl (C=O) groups excluding carboxylic acids is 2. The molecule has 1 aromatic carbocycles. The zero-order valence-corrected chi connectivity index (χ0v) is 12.4. The highest BCUT2D eigenvalue weighted by molar-refractivity contribution is 6.05. The van der Waals surface area contributed by atoms with Gasteiger partial charge in [0, 0.05) is 24.7 Å². The molecule has 2 aromatic rings. The van der Waals surface area contributed by atoms with Crippen molar-refractivity contribution in [2.45, 2.75) is 12.3 Å². The minimum absolute atomic E-state index is 0.145. The summed E-state index contributed by atoms with van der Waals surface area (Å²) < 4.78 is 4.85. The first-order valence-corrected chi connectivity index (χ1v) is 7.30. The maximum Gasteiger partial charge on any atom is 0.309 e. The van der Waals surface area contributed by atoms with Crippen LogP contribution in [-0.4, -0.2) is 37.1 Å². The minimum Gasteiger partial charge on any atom is -0.469 e. The summed E-state index contributed by atoms with van der Waals surface area (Å²) in [5, 5.41) is 4.27. The van der Waals surface area contributed by atoms with Gasteiger partial charge in [-0.2, -0.15) is 0 Å². The first-order chi connectivity index (χ1) is 10.6. The lowest BCUT2D eigenvalue weighted by molar-refractivity contribution is -0.146. The van der Waals surface area contributed by atoms with Crippen molar-refractivity contribution in [3.05, 3.63) is 35.5 Å². The molecule has 116 valence electrons. The number of H-pyrrole nitrogens is 1. The van der Waals surface area contributed by atoms with E-state index < -0.39 is 5.91 Å². The largest absolute Gasteiger partial charge is 0.469 e. The van der Waals surface area contributed by atoms with Gasteiger partial charge in [0.05, 0.1) is 24.1 Å². The van der Waals surface area contributed by atoms with Crippen LogP contribution in [-0.2, 0) is 9.53 Å². The molecule has 0 spiro atoms. The van der Waals surface area contributed by atoms with Crippen molar-refractivity contribution in [2.24, 2.45) is 11.7 Å². The molecule has 1 saturated heterocycles. The van der Waals surface area contributed by atoms with Gasteiger partial charge in [0.15, 0.2) is 0 Å². The highest BCUT2D eigenvalue weighted by Gasteiger charge is 2.29. The van der Waals surface area contributed by atoms with Gasteiger partial charge in [-0.3, -0.25) is 9.59 Å². The Morgan fingerprint density at radius 1 is 1.27 bits per heavy atom. The number of hydrogen-bond donors (Lipinski definition) is 3. The summed E-state index contributed by atoms with van der Waals surface area (Å²) in [5.74, 6) is -0.587. The number of carbonyl (C=O) groups is 2. The second-order valence-electron chi connectivity index (χ2n) is 5.64. The molecular formula is C16H19N3O3. The SMILES string of the molecule is COC(=O)[C@@H]1CNC[C@@H](c2ccc(C(N)=O)c3[nH]ccc23)C1. The number of piperidine rings is 1. The van der Waals surface area contributed by atoms with E-state index in [1.54, 1.807) is 12.3 Å². The monoisotopic (exact) mass is 301 g/mol. The number of ether oxygens (including phenoxy) is 1. The number of fused-ring (bicyclic) bond motifs is 1. The molecule has 2 heterocycles. The zero-order valence-electron chi connectivity index (χ0n) is 12.4. The van der Waals surface area contributed by atoms with Crippen LogP contribution >= 0.6 is 0 Å². The summed E-state index contributed by atoms with van der Waals surface area (Å²) in [6.45, 7) is 1.43. The first kappa shape index (κ1) is 14.6. The molecule has 2 atom stereocenters. The van der Waals surface area contributed by atoms with Crippen LogP contribution in [0.15, 0.2) is 24.4 Å². The van der Waals surface area contributed by atoms with Crippen LogP contribution in [0.25, 0.3) is 10.9 Å². The van der Waals surface area contributed by atoms with Crippen molar-refractivity contribution >= 4 is 22.8 Å². The number of nitrogens with one attached hydrogen (secondary N) is 2. The fourth-order valence-corrected chi connectivity index (χ4v) is 3.27. The van der Waals surface area contributed by atoms with E-state index in [1.807, 2.05) is 12.1 Å². The van der Waals surface area contributed by atoms with Gasteiger partial charge in [0.1, 0.15) is 0 Å². The van der Waals surface area contributed by atoms with Crippen LogP contribution in [0.3, 0.4) is 0 Å². The van der Waals surface area contributed by atoms with Crippen molar-refractivity contribution < 1.29 is 14.3 Å². The Labute approximate surface area is 128 Å². The second kappa shape index (κ2) is 5.81. The number of rotatable bonds is 3. The number of amides is 1. The molecule has 0 radical (unpaired) electrons. The zero-order chi connectivity index (χ0) is 15.7. The fourth-order valence-electron chi connectivity index (χ4n) is 3.27. The normalized spacial score (nSPS) is 21.7. The van der Waals surface area contributed by atoms with Gasteiger partial charge in [-0.1, -0.05) is 6.07 Å². The molecule has 1 aliphatic rings. The summed E-state index contributed by atoms with van der Waals surface area (Å²) in [4.78, 5) is 26.4. The minimum atomic E-state index is -0.451. The van der Waals surface area contributed by atoms with E-state index in [-0.39, 0.29) is 17.8 Å². The number of benzene rings is 1. The van der Waals surface area contributed by atoms with E-state index >= 15 is 0 Å². The van der Waals surface area contributed by atoms with Crippen LogP contribution in [0.1, 0.15) is 28.3 Å². The Bertz CT molecular complexity index is 722. The Morgan fingerprint density at radius 2 is 2.09 bits per heavy atom. The van der Waals surface area contributed by atoms with Gasteiger partial charge >= 0.3 is 5.97 Å². The first-order valence-electron chi connectivity index (χ1n) is 7.30. The molecule has 3 rings (SSSR count). The lowest BCUT2D eigenvalue weighted by Crippen LogP contribution is -2.39. The van der Waals surface area contributed by atoms with E-state index in [4.69, 9.17) is 10.5 Å². The highest BCUT2D eigenvalue weighted by atomic mass is 16.5. The average Bonchev–Trinajstić information content (AvgIpc) is 3.02. The van der Waals surface area contributed by atoms with E-state index in [2.05, 4.69) is 10.3 Å². The molecule has 22 heavy (non-hydrogen) atoms. The van der Waals surface area contributed by atoms with Crippen LogP contribution < -0.4 is 11.1 Å². The molecule has 1 amide bonds. The molecule has 1 aromatic heterocycles. The molecule has 0 saturated carbocycles. The molecular weight excluding hydrogens is 282 g/mol. The third kappa shape index (κ3) is 2.46. The molecule has 1 fully saturated rings. The summed E-state index contributed by atoms with van der Waals surface area (Å²) in [6, 6.07) is 5.62. The quantitative estimate of drug-likeness (QED) is 0.740. The Balaban J connectivity index is 1.96.